The van der Waals surface area contributed by atoms with Crippen molar-refractivity contribution in [3.8, 4) is 0 Å². The first-order valence-corrected chi connectivity index (χ1v) is 9.21. The van der Waals surface area contributed by atoms with E-state index in [0.29, 0.717) is 19.6 Å². The standard InChI is InChI=1S/C19H25ClN4O/c1-13-15-6-2-3-7-16(15)23-17(18(13)20)12-24-10-4-5-14(11-24)19(25)22-9-8-21/h2-3,6-7,14H,4-5,8-12,21H2,1H3,(H,22,25). The molecule has 1 atom stereocenters. The van der Waals surface area contributed by atoms with Gasteiger partial charge in [0.05, 0.1) is 22.2 Å². The normalized spacial score (nSPS) is 18.4. The lowest BCUT2D eigenvalue weighted by atomic mass is 9.97. The summed E-state index contributed by atoms with van der Waals surface area (Å²) < 4.78 is 0. The summed E-state index contributed by atoms with van der Waals surface area (Å²) in [4.78, 5) is 19.3. The third-order valence-electron chi connectivity index (χ3n) is 4.84. The topological polar surface area (TPSA) is 71.2 Å². The molecule has 134 valence electrons. The molecule has 3 rings (SSSR count). The molecule has 2 heterocycles. The van der Waals surface area contributed by atoms with Gasteiger partial charge in [-0.25, -0.2) is 4.98 Å². The second-order valence-electron chi connectivity index (χ2n) is 6.67. The maximum atomic E-state index is 12.2. The zero-order valence-electron chi connectivity index (χ0n) is 14.6. The maximum absolute atomic E-state index is 12.2. The van der Waals surface area contributed by atoms with E-state index in [-0.39, 0.29) is 11.8 Å². The summed E-state index contributed by atoms with van der Waals surface area (Å²) in [5.41, 5.74) is 8.39. The number of nitrogens with two attached hydrogens (primary N) is 1. The van der Waals surface area contributed by atoms with Crippen LogP contribution in [-0.2, 0) is 11.3 Å². The van der Waals surface area contributed by atoms with Crippen LogP contribution < -0.4 is 11.1 Å². The number of nitrogens with one attached hydrogen (secondary N) is 1. The summed E-state index contributed by atoms with van der Waals surface area (Å²) in [6.45, 7) is 5.41. The summed E-state index contributed by atoms with van der Waals surface area (Å²) in [6.07, 6.45) is 1.93. The van der Waals surface area contributed by atoms with E-state index in [0.717, 1.165) is 53.1 Å². The Morgan fingerprint density at radius 1 is 1.44 bits per heavy atom. The number of para-hydroxylation sites is 1. The lowest BCUT2D eigenvalue weighted by molar-refractivity contribution is -0.126. The number of amides is 1. The molecule has 1 aromatic heterocycles. The van der Waals surface area contributed by atoms with Gasteiger partial charge in [0, 0.05) is 31.6 Å². The molecule has 0 saturated carbocycles. The van der Waals surface area contributed by atoms with Crippen LogP contribution in [0.5, 0.6) is 0 Å². The number of hydrogen-bond donors (Lipinski definition) is 2. The highest BCUT2D eigenvalue weighted by molar-refractivity contribution is 6.32. The van der Waals surface area contributed by atoms with Crippen LogP contribution >= 0.6 is 11.6 Å². The summed E-state index contributed by atoms with van der Waals surface area (Å²) >= 11 is 6.58. The van der Waals surface area contributed by atoms with E-state index in [9.17, 15) is 4.79 Å². The number of piperidine rings is 1. The Hall–Kier alpha value is -1.69. The Bertz CT molecular complexity index is 764. The summed E-state index contributed by atoms with van der Waals surface area (Å²) in [6, 6.07) is 8.06. The number of carbonyl (C=O) groups excluding carboxylic acids is 1. The third-order valence-corrected chi connectivity index (χ3v) is 5.34. The highest BCUT2D eigenvalue weighted by atomic mass is 35.5. The quantitative estimate of drug-likeness (QED) is 0.859. The van der Waals surface area contributed by atoms with Crippen LogP contribution in [0.4, 0.5) is 0 Å². The van der Waals surface area contributed by atoms with E-state index in [1.807, 2.05) is 31.2 Å². The first-order chi connectivity index (χ1) is 12.1. The van der Waals surface area contributed by atoms with Crippen LogP contribution in [0.3, 0.4) is 0 Å². The van der Waals surface area contributed by atoms with Gasteiger partial charge in [-0.05, 0) is 37.9 Å². The minimum absolute atomic E-state index is 0.0145. The smallest absolute Gasteiger partial charge is 0.224 e. The van der Waals surface area contributed by atoms with Gasteiger partial charge in [-0.3, -0.25) is 9.69 Å². The first-order valence-electron chi connectivity index (χ1n) is 8.84. The second-order valence-corrected chi connectivity index (χ2v) is 7.05. The average molecular weight is 361 g/mol. The number of halogens is 1. The lowest BCUT2D eigenvalue weighted by Crippen LogP contribution is -2.43. The van der Waals surface area contributed by atoms with Crippen molar-refractivity contribution in [2.75, 3.05) is 26.2 Å². The minimum atomic E-state index is 0.0145. The molecule has 0 aliphatic carbocycles. The monoisotopic (exact) mass is 360 g/mol. The number of rotatable bonds is 5. The molecule has 0 radical (unpaired) electrons. The Kier molecular flexibility index (Phi) is 5.89. The fourth-order valence-electron chi connectivity index (χ4n) is 3.49. The minimum Gasteiger partial charge on any atom is -0.355 e. The van der Waals surface area contributed by atoms with Crippen molar-refractivity contribution in [2.45, 2.75) is 26.3 Å². The molecule has 0 spiro atoms. The fraction of sp³-hybridized carbons (Fsp3) is 0.474. The molecule has 1 unspecified atom stereocenters. The Morgan fingerprint density at radius 2 is 2.24 bits per heavy atom. The molecule has 1 fully saturated rings. The molecule has 1 aliphatic heterocycles. The zero-order valence-corrected chi connectivity index (χ0v) is 15.4. The number of fused-ring (bicyclic) bond motifs is 1. The number of nitrogens with zero attached hydrogens (tertiary/aromatic N) is 2. The Balaban J connectivity index is 1.74. The molecule has 2 aromatic rings. The number of likely N-dealkylation sites (tertiary alicyclic amines) is 1. The number of hydrogen-bond acceptors (Lipinski definition) is 4. The maximum Gasteiger partial charge on any atom is 0.224 e. The Labute approximate surface area is 153 Å². The number of pyridine rings is 1. The predicted octanol–water partition coefficient (Wildman–Crippen LogP) is 2.48. The van der Waals surface area contributed by atoms with Gasteiger partial charge in [-0.2, -0.15) is 0 Å². The van der Waals surface area contributed by atoms with Crippen molar-refractivity contribution >= 4 is 28.4 Å². The molecule has 0 bridgehead atoms. The van der Waals surface area contributed by atoms with Gasteiger partial charge < -0.3 is 11.1 Å². The van der Waals surface area contributed by atoms with Crippen LogP contribution in [0.25, 0.3) is 10.9 Å². The van der Waals surface area contributed by atoms with Gasteiger partial charge in [0.25, 0.3) is 0 Å². The average Bonchev–Trinajstić information content (AvgIpc) is 2.64. The van der Waals surface area contributed by atoms with E-state index in [4.69, 9.17) is 22.3 Å². The van der Waals surface area contributed by atoms with Gasteiger partial charge in [0.15, 0.2) is 0 Å². The van der Waals surface area contributed by atoms with Crippen molar-refractivity contribution in [1.29, 1.82) is 0 Å². The third kappa shape index (κ3) is 4.11. The van der Waals surface area contributed by atoms with E-state index < -0.39 is 0 Å². The van der Waals surface area contributed by atoms with Gasteiger partial charge >= 0.3 is 0 Å². The number of aromatic nitrogens is 1. The van der Waals surface area contributed by atoms with Crippen LogP contribution in [0.1, 0.15) is 24.1 Å². The SMILES string of the molecule is Cc1c(Cl)c(CN2CCCC(C(=O)NCCN)C2)nc2ccccc12. The molecule has 25 heavy (non-hydrogen) atoms. The van der Waals surface area contributed by atoms with Crippen molar-refractivity contribution in [2.24, 2.45) is 11.7 Å². The van der Waals surface area contributed by atoms with Crippen molar-refractivity contribution in [3.63, 3.8) is 0 Å². The van der Waals surface area contributed by atoms with E-state index >= 15 is 0 Å². The Morgan fingerprint density at radius 3 is 3.04 bits per heavy atom. The van der Waals surface area contributed by atoms with Crippen LogP contribution in [0.15, 0.2) is 24.3 Å². The van der Waals surface area contributed by atoms with E-state index in [2.05, 4.69) is 10.2 Å². The summed E-state index contributed by atoms with van der Waals surface area (Å²) in [5.74, 6) is 0.115. The van der Waals surface area contributed by atoms with Gasteiger partial charge in [-0.1, -0.05) is 29.8 Å². The molecule has 3 N–H and O–H groups in total. The summed E-state index contributed by atoms with van der Waals surface area (Å²) in [5, 5.41) is 4.72. The van der Waals surface area contributed by atoms with Crippen LogP contribution in [0.2, 0.25) is 5.02 Å². The first kappa shape index (κ1) is 18.1. The fourth-order valence-corrected chi connectivity index (χ4v) is 3.69. The lowest BCUT2D eigenvalue weighted by Gasteiger charge is -2.32. The second kappa shape index (κ2) is 8.13. The van der Waals surface area contributed by atoms with Crippen LogP contribution in [-0.4, -0.2) is 42.0 Å². The van der Waals surface area contributed by atoms with E-state index in [1.165, 1.54) is 0 Å². The molecular formula is C19H25ClN4O. The van der Waals surface area contributed by atoms with E-state index in [1.54, 1.807) is 0 Å². The molecule has 1 saturated heterocycles. The molecule has 1 aromatic carbocycles. The number of carbonyl (C=O) groups is 1. The van der Waals surface area contributed by atoms with Gasteiger partial charge in [-0.15, -0.1) is 0 Å². The molecular weight excluding hydrogens is 336 g/mol. The highest BCUT2D eigenvalue weighted by Crippen LogP contribution is 2.28. The van der Waals surface area contributed by atoms with Gasteiger partial charge in [0.1, 0.15) is 0 Å². The highest BCUT2D eigenvalue weighted by Gasteiger charge is 2.26. The number of aryl methyl sites for hydroxylation is 1. The number of benzene rings is 1. The molecule has 1 amide bonds. The zero-order chi connectivity index (χ0) is 17.8. The molecule has 5 nitrogen and oxygen atoms in total. The van der Waals surface area contributed by atoms with Crippen molar-refractivity contribution < 1.29 is 4.79 Å². The molecule has 1 aliphatic rings. The van der Waals surface area contributed by atoms with Crippen LogP contribution in [0, 0.1) is 12.8 Å². The van der Waals surface area contributed by atoms with Crippen molar-refractivity contribution in [3.05, 3.63) is 40.5 Å². The molecule has 6 heteroatoms. The predicted molar refractivity (Wildman–Crippen MR) is 102 cm³/mol. The van der Waals surface area contributed by atoms with Crippen molar-refractivity contribution in [1.82, 2.24) is 15.2 Å². The summed E-state index contributed by atoms with van der Waals surface area (Å²) in [7, 11) is 0. The van der Waals surface area contributed by atoms with Gasteiger partial charge in [0.2, 0.25) is 5.91 Å². The largest absolute Gasteiger partial charge is 0.355 e.